The van der Waals surface area contributed by atoms with E-state index in [-0.39, 0.29) is 17.6 Å². The van der Waals surface area contributed by atoms with Gasteiger partial charge in [0, 0.05) is 25.0 Å². The molecule has 0 radical (unpaired) electrons. The molecule has 0 fully saturated rings. The summed E-state index contributed by atoms with van der Waals surface area (Å²) in [7, 11) is 0. The first-order chi connectivity index (χ1) is 14.7. The zero-order valence-corrected chi connectivity index (χ0v) is 16.0. The van der Waals surface area contributed by atoms with Crippen LogP contribution in [0.5, 0.6) is 5.75 Å². The number of carbonyl (C=O) groups is 2. The molecule has 148 valence electrons. The lowest BCUT2D eigenvalue weighted by Crippen LogP contribution is -2.23. The first-order valence-corrected chi connectivity index (χ1v) is 9.43. The topological polar surface area (TPSA) is 80.3 Å². The van der Waals surface area contributed by atoms with E-state index in [0.717, 1.165) is 16.7 Å². The number of nitrogens with zero attached hydrogens (tertiary/aromatic N) is 1. The predicted molar refractivity (Wildman–Crippen MR) is 115 cm³/mol. The van der Waals surface area contributed by atoms with Crippen molar-refractivity contribution >= 4 is 29.7 Å². The summed E-state index contributed by atoms with van der Waals surface area (Å²) in [4.78, 5) is 28.5. The van der Waals surface area contributed by atoms with Crippen LogP contribution in [0.15, 0.2) is 84.9 Å². The van der Waals surface area contributed by atoms with Gasteiger partial charge in [-0.25, -0.2) is 0 Å². The highest BCUT2D eigenvalue weighted by Crippen LogP contribution is 2.31. The van der Waals surface area contributed by atoms with Crippen molar-refractivity contribution in [2.75, 3.05) is 5.32 Å². The number of ether oxygens (including phenoxy) is 1. The Morgan fingerprint density at radius 1 is 1.00 bits per heavy atom. The SMILES string of the molecule is O=C(/C=C/c1ccccc1/C=C1\Oc2ccccc2NC1=O)NCc1ccncc1. The Hall–Kier alpha value is -4.19. The van der Waals surface area contributed by atoms with Gasteiger partial charge in [-0.1, -0.05) is 36.4 Å². The normalized spacial score (nSPS) is 14.1. The van der Waals surface area contributed by atoms with Crippen LogP contribution in [0.4, 0.5) is 5.69 Å². The summed E-state index contributed by atoms with van der Waals surface area (Å²) >= 11 is 0. The molecule has 0 spiro atoms. The summed E-state index contributed by atoms with van der Waals surface area (Å²) in [5, 5.41) is 5.64. The van der Waals surface area contributed by atoms with Crippen LogP contribution in [0.25, 0.3) is 12.2 Å². The largest absolute Gasteiger partial charge is 0.449 e. The van der Waals surface area contributed by atoms with Crippen LogP contribution in [0.2, 0.25) is 0 Å². The highest BCUT2D eigenvalue weighted by molar-refractivity contribution is 6.08. The van der Waals surface area contributed by atoms with E-state index in [1.165, 1.54) is 6.08 Å². The second-order valence-corrected chi connectivity index (χ2v) is 6.60. The van der Waals surface area contributed by atoms with Crippen molar-refractivity contribution in [3.05, 3.63) is 102 Å². The monoisotopic (exact) mass is 397 g/mol. The number of pyridine rings is 1. The molecular weight excluding hydrogens is 378 g/mol. The fourth-order valence-corrected chi connectivity index (χ4v) is 2.95. The lowest BCUT2D eigenvalue weighted by molar-refractivity contribution is -0.116. The fraction of sp³-hybridized carbons (Fsp3) is 0.0417. The van der Waals surface area contributed by atoms with Gasteiger partial charge < -0.3 is 15.4 Å². The molecule has 3 aromatic rings. The first kappa shape index (κ1) is 19.1. The molecule has 0 aliphatic carbocycles. The number of hydrogen-bond donors (Lipinski definition) is 2. The van der Waals surface area contributed by atoms with Crippen molar-refractivity contribution in [1.82, 2.24) is 10.3 Å². The highest BCUT2D eigenvalue weighted by atomic mass is 16.5. The average Bonchev–Trinajstić information content (AvgIpc) is 2.78. The molecule has 2 amide bonds. The van der Waals surface area contributed by atoms with Gasteiger partial charge in [0.2, 0.25) is 5.91 Å². The predicted octanol–water partition coefficient (Wildman–Crippen LogP) is 3.78. The molecule has 6 nitrogen and oxygen atoms in total. The van der Waals surface area contributed by atoms with Crippen molar-refractivity contribution in [3.8, 4) is 5.75 Å². The maximum atomic E-state index is 12.4. The van der Waals surface area contributed by atoms with Crippen LogP contribution in [-0.2, 0) is 16.1 Å². The maximum Gasteiger partial charge on any atom is 0.291 e. The molecule has 0 saturated carbocycles. The molecule has 1 aliphatic rings. The quantitative estimate of drug-likeness (QED) is 0.642. The van der Waals surface area contributed by atoms with Crippen molar-refractivity contribution in [3.63, 3.8) is 0 Å². The number of benzene rings is 2. The minimum Gasteiger partial charge on any atom is -0.449 e. The van der Waals surface area contributed by atoms with E-state index < -0.39 is 0 Å². The van der Waals surface area contributed by atoms with Gasteiger partial charge in [-0.05, 0) is 53.1 Å². The Labute approximate surface area is 173 Å². The maximum absolute atomic E-state index is 12.4. The van der Waals surface area contributed by atoms with Gasteiger partial charge >= 0.3 is 0 Å². The number of rotatable bonds is 5. The molecule has 30 heavy (non-hydrogen) atoms. The van der Waals surface area contributed by atoms with E-state index >= 15 is 0 Å². The third-order valence-electron chi connectivity index (χ3n) is 4.49. The number of para-hydroxylation sites is 2. The summed E-state index contributed by atoms with van der Waals surface area (Å²) in [5.74, 6) is 0.251. The van der Waals surface area contributed by atoms with Crippen LogP contribution < -0.4 is 15.4 Å². The molecule has 4 rings (SSSR count). The van der Waals surface area contributed by atoms with Crippen LogP contribution in [0, 0.1) is 0 Å². The van der Waals surface area contributed by atoms with E-state index in [9.17, 15) is 9.59 Å². The number of hydrogen-bond acceptors (Lipinski definition) is 4. The van der Waals surface area contributed by atoms with E-state index in [0.29, 0.717) is 18.0 Å². The second kappa shape index (κ2) is 8.87. The summed E-state index contributed by atoms with van der Waals surface area (Å²) in [6, 6.07) is 18.4. The van der Waals surface area contributed by atoms with Crippen LogP contribution in [-0.4, -0.2) is 16.8 Å². The zero-order valence-electron chi connectivity index (χ0n) is 16.0. The van der Waals surface area contributed by atoms with Gasteiger partial charge in [0.1, 0.15) is 0 Å². The molecule has 0 saturated heterocycles. The first-order valence-electron chi connectivity index (χ1n) is 9.43. The third kappa shape index (κ3) is 4.62. The number of aromatic nitrogens is 1. The third-order valence-corrected chi connectivity index (χ3v) is 4.49. The van der Waals surface area contributed by atoms with Gasteiger partial charge in [0.05, 0.1) is 5.69 Å². The Morgan fingerprint density at radius 2 is 1.73 bits per heavy atom. The Bertz CT molecular complexity index is 1140. The van der Waals surface area contributed by atoms with E-state index in [4.69, 9.17) is 4.74 Å². The summed E-state index contributed by atoms with van der Waals surface area (Å²) < 4.78 is 5.76. The molecular formula is C24H19N3O3. The Morgan fingerprint density at radius 3 is 2.57 bits per heavy atom. The molecule has 0 bridgehead atoms. The van der Waals surface area contributed by atoms with E-state index in [1.807, 2.05) is 48.5 Å². The number of anilines is 1. The Kier molecular flexibility index (Phi) is 5.66. The van der Waals surface area contributed by atoms with Gasteiger partial charge in [0.25, 0.3) is 5.91 Å². The van der Waals surface area contributed by atoms with Crippen molar-refractivity contribution in [2.45, 2.75) is 6.54 Å². The van der Waals surface area contributed by atoms with E-state index in [2.05, 4.69) is 15.6 Å². The Balaban J connectivity index is 1.49. The van der Waals surface area contributed by atoms with E-state index in [1.54, 1.807) is 36.7 Å². The number of carbonyl (C=O) groups excluding carboxylic acids is 2. The molecule has 0 atom stereocenters. The zero-order chi connectivity index (χ0) is 20.8. The molecule has 1 aliphatic heterocycles. The molecule has 0 unspecified atom stereocenters. The number of nitrogens with one attached hydrogen (secondary N) is 2. The summed E-state index contributed by atoms with van der Waals surface area (Å²) in [6.07, 6.45) is 8.21. The van der Waals surface area contributed by atoms with Crippen LogP contribution in [0.3, 0.4) is 0 Å². The van der Waals surface area contributed by atoms with Gasteiger partial charge in [-0.3, -0.25) is 14.6 Å². The molecule has 2 N–H and O–H groups in total. The smallest absolute Gasteiger partial charge is 0.291 e. The minimum absolute atomic E-state index is 0.191. The van der Waals surface area contributed by atoms with Crippen LogP contribution in [0.1, 0.15) is 16.7 Å². The van der Waals surface area contributed by atoms with Gasteiger partial charge in [-0.15, -0.1) is 0 Å². The second-order valence-electron chi connectivity index (χ2n) is 6.60. The molecule has 2 heterocycles. The molecule has 6 heteroatoms. The summed E-state index contributed by atoms with van der Waals surface area (Å²) in [5.41, 5.74) is 3.16. The summed E-state index contributed by atoms with van der Waals surface area (Å²) in [6.45, 7) is 0.421. The van der Waals surface area contributed by atoms with Crippen molar-refractivity contribution in [2.24, 2.45) is 0 Å². The number of amides is 2. The van der Waals surface area contributed by atoms with Crippen molar-refractivity contribution in [1.29, 1.82) is 0 Å². The van der Waals surface area contributed by atoms with Gasteiger partial charge in [-0.2, -0.15) is 0 Å². The molecule has 1 aromatic heterocycles. The van der Waals surface area contributed by atoms with Gasteiger partial charge in [0.15, 0.2) is 11.5 Å². The van der Waals surface area contributed by atoms with Crippen molar-refractivity contribution < 1.29 is 14.3 Å². The number of fused-ring (bicyclic) bond motifs is 1. The highest BCUT2D eigenvalue weighted by Gasteiger charge is 2.21. The average molecular weight is 397 g/mol. The van der Waals surface area contributed by atoms with Crippen LogP contribution >= 0.6 is 0 Å². The lowest BCUT2D eigenvalue weighted by Gasteiger charge is -2.19. The lowest BCUT2D eigenvalue weighted by atomic mass is 10.1. The standard InChI is InChI=1S/C24H19N3O3/c28-23(26-16-17-11-13-25-14-12-17)10-9-18-5-1-2-6-19(18)15-22-24(29)27-20-7-3-4-8-21(20)30-22/h1-15H,16H2,(H,26,28)(H,27,29)/b10-9+,22-15-. The fourth-order valence-electron chi connectivity index (χ4n) is 2.95. The minimum atomic E-state index is -0.317. The molecule has 2 aromatic carbocycles.